The first-order valence-electron chi connectivity index (χ1n) is 9.62. The second-order valence-corrected chi connectivity index (χ2v) is 8.91. The Labute approximate surface area is 140 Å². The number of rotatable bonds is 1. The van der Waals surface area contributed by atoms with Gasteiger partial charge in [-0.25, -0.2) is 0 Å². The highest BCUT2D eigenvalue weighted by Crippen LogP contribution is 2.62. The Kier molecular flexibility index (Phi) is 3.48. The molecule has 0 aromatic carbocycles. The summed E-state index contributed by atoms with van der Waals surface area (Å²) in [4.78, 5) is 11.9. The second-order valence-electron chi connectivity index (χ2n) is 8.91. The van der Waals surface area contributed by atoms with Gasteiger partial charge >= 0.3 is 0 Å². The van der Waals surface area contributed by atoms with Crippen LogP contribution in [0.4, 0.5) is 0 Å². The van der Waals surface area contributed by atoms with E-state index in [2.05, 4.69) is 32.9 Å². The third-order valence-corrected chi connectivity index (χ3v) is 7.90. The zero-order valence-corrected chi connectivity index (χ0v) is 14.9. The topological polar surface area (TPSA) is 17.1 Å². The Morgan fingerprint density at radius 1 is 1.13 bits per heavy atom. The lowest BCUT2D eigenvalue weighted by atomic mass is 9.58. The monoisotopic (exact) mass is 310 g/mol. The lowest BCUT2D eigenvalue weighted by molar-refractivity contribution is -0.110. The fourth-order valence-electron chi connectivity index (χ4n) is 6.30. The highest BCUT2D eigenvalue weighted by molar-refractivity contribution is 6.01. The van der Waals surface area contributed by atoms with Gasteiger partial charge in [0.1, 0.15) is 0 Å². The molecule has 0 saturated heterocycles. The summed E-state index contributed by atoms with van der Waals surface area (Å²) in [6, 6.07) is 0. The van der Waals surface area contributed by atoms with E-state index in [-0.39, 0.29) is 11.2 Å². The van der Waals surface area contributed by atoms with Crippen molar-refractivity contribution in [3.05, 3.63) is 35.5 Å². The summed E-state index contributed by atoms with van der Waals surface area (Å²) in [7, 11) is 0. The van der Waals surface area contributed by atoms with E-state index in [1.165, 1.54) is 50.5 Å². The Morgan fingerprint density at radius 3 is 2.74 bits per heavy atom. The smallest absolute Gasteiger partial charge is 0.178 e. The first kappa shape index (κ1) is 15.4. The molecule has 5 atom stereocenters. The van der Waals surface area contributed by atoms with Crippen molar-refractivity contribution >= 4 is 5.78 Å². The molecular weight excluding hydrogens is 280 g/mol. The molecule has 4 rings (SSSR count). The van der Waals surface area contributed by atoms with Gasteiger partial charge in [0.15, 0.2) is 5.78 Å². The normalized spacial score (nSPS) is 45.5. The summed E-state index contributed by atoms with van der Waals surface area (Å²) < 4.78 is 0. The van der Waals surface area contributed by atoms with Crippen molar-refractivity contribution in [3.8, 4) is 0 Å². The molecular formula is C22H30O. The standard InChI is InChI=1S/C22H30O/c1-4-16-5-6-20-19-9-11-21(2)10-8-18(23)14-17(21)13-15(19)7-12-22(16,20)3/h8,10,13-14,16,19-20H,4-7,9,11-12H2,1-3H3. The van der Waals surface area contributed by atoms with Crippen LogP contribution in [0.2, 0.25) is 0 Å². The molecule has 0 spiro atoms. The molecule has 124 valence electrons. The van der Waals surface area contributed by atoms with Crippen LogP contribution in [0.25, 0.3) is 0 Å². The molecule has 0 aromatic rings. The van der Waals surface area contributed by atoms with Crippen molar-refractivity contribution < 1.29 is 4.79 Å². The third-order valence-electron chi connectivity index (χ3n) is 7.90. The highest BCUT2D eigenvalue weighted by Gasteiger charge is 2.52. The van der Waals surface area contributed by atoms with Crippen LogP contribution in [-0.4, -0.2) is 5.78 Å². The maximum atomic E-state index is 11.9. The minimum absolute atomic E-state index is 0.0808. The zero-order chi connectivity index (χ0) is 16.2. The van der Waals surface area contributed by atoms with Gasteiger partial charge in [0.05, 0.1) is 0 Å². The van der Waals surface area contributed by atoms with Gasteiger partial charge in [-0.3, -0.25) is 4.79 Å². The molecule has 0 amide bonds. The molecule has 1 heteroatoms. The maximum Gasteiger partial charge on any atom is 0.178 e. The summed E-state index contributed by atoms with van der Waals surface area (Å²) in [5, 5.41) is 0. The van der Waals surface area contributed by atoms with Gasteiger partial charge in [0, 0.05) is 5.41 Å². The molecule has 2 saturated carbocycles. The van der Waals surface area contributed by atoms with Gasteiger partial charge in [0.2, 0.25) is 0 Å². The predicted molar refractivity (Wildman–Crippen MR) is 95.0 cm³/mol. The lowest BCUT2D eigenvalue weighted by Crippen LogP contribution is -2.38. The molecule has 2 fully saturated rings. The van der Waals surface area contributed by atoms with Crippen molar-refractivity contribution in [3.63, 3.8) is 0 Å². The summed E-state index contributed by atoms with van der Waals surface area (Å²) in [6.07, 6.45) is 17.6. The number of carbonyl (C=O) groups is 1. The molecule has 0 N–H and O–H groups in total. The van der Waals surface area contributed by atoms with E-state index in [1.807, 2.05) is 6.08 Å². The average Bonchev–Trinajstić information content (AvgIpc) is 2.79. The van der Waals surface area contributed by atoms with E-state index in [4.69, 9.17) is 0 Å². The van der Waals surface area contributed by atoms with E-state index in [0.29, 0.717) is 5.41 Å². The minimum atomic E-state index is 0.0808. The molecule has 0 aliphatic heterocycles. The molecule has 0 radical (unpaired) electrons. The van der Waals surface area contributed by atoms with Crippen LogP contribution < -0.4 is 0 Å². The summed E-state index contributed by atoms with van der Waals surface area (Å²) in [6.45, 7) is 7.28. The van der Waals surface area contributed by atoms with Gasteiger partial charge in [-0.1, -0.05) is 44.9 Å². The van der Waals surface area contributed by atoms with Gasteiger partial charge in [0.25, 0.3) is 0 Å². The third kappa shape index (κ3) is 2.22. The molecule has 0 heterocycles. The highest BCUT2D eigenvalue weighted by atomic mass is 16.1. The van der Waals surface area contributed by atoms with E-state index >= 15 is 0 Å². The van der Waals surface area contributed by atoms with Gasteiger partial charge in [-0.2, -0.15) is 0 Å². The summed E-state index contributed by atoms with van der Waals surface area (Å²) in [5.74, 6) is 2.73. The largest absolute Gasteiger partial charge is 0.290 e. The van der Waals surface area contributed by atoms with Crippen molar-refractivity contribution in [2.24, 2.45) is 28.6 Å². The molecule has 0 bridgehead atoms. The van der Waals surface area contributed by atoms with Crippen LogP contribution in [0.3, 0.4) is 0 Å². The van der Waals surface area contributed by atoms with Gasteiger partial charge < -0.3 is 0 Å². The van der Waals surface area contributed by atoms with Crippen molar-refractivity contribution in [2.45, 2.75) is 65.7 Å². The fraction of sp³-hybridized carbons (Fsp3) is 0.682. The first-order valence-corrected chi connectivity index (χ1v) is 9.62. The number of ketones is 1. The number of fused-ring (bicyclic) bond motifs is 4. The van der Waals surface area contributed by atoms with E-state index in [0.717, 1.165) is 17.8 Å². The Balaban J connectivity index is 1.71. The average molecular weight is 310 g/mol. The fourth-order valence-corrected chi connectivity index (χ4v) is 6.30. The second kappa shape index (κ2) is 5.19. The van der Waals surface area contributed by atoms with Gasteiger partial charge in [-0.15, -0.1) is 0 Å². The van der Waals surface area contributed by atoms with Crippen molar-refractivity contribution in [2.75, 3.05) is 0 Å². The number of hydrogen-bond donors (Lipinski definition) is 0. The lowest BCUT2D eigenvalue weighted by Gasteiger charge is -2.46. The van der Waals surface area contributed by atoms with E-state index < -0.39 is 0 Å². The molecule has 4 aliphatic rings. The molecule has 1 nitrogen and oxygen atoms in total. The van der Waals surface area contributed by atoms with Crippen molar-refractivity contribution in [1.29, 1.82) is 0 Å². The number of carbonyl (C=O) groups excluding carboxylic acids is 1. The minimum Gasteiger partial charge on any atom is -0.290 e. The van der Waals surface area contributed by atoms with Crippen LogP contribution in [-0.2, 0) is 4.79 Å². The van der Waals surface area contributed by atoms with Crippen LogP contribution in [0.1, 0.15) is 65.7 Å². The number of hydrogen-bond acceptors (Lipinski definition) is 1. The predicted octanol–water partition coefficient (Wildman–Crippen LogP) is 5.63. The first-order chi connectivity index (χ1) is 11.0. The SMILES string of the molecule is CCC1CCC2C3CCC4(C)C=CC(=O)C=C4C=C3CCC12C. The Hall–Kier alpha value is -1.11. The Bertz CT molecular complexity index is 622. The molecule has 4 aliphatic carbocycles. The maximum absolute atomic E-state index is 11.9. The van der Waals surface area contributed by atoms with Crippen LogP contribution in [0.15, 0.2) is 35.5 Å². The quantitative estimate of drug-likeness (QED) is 0.613. The number of allylic oxidation sites excluding steroid dienone is 6. The van der Waals surface area contributed by atoms with E-state index in [9.17, 15) is 4.79 Å². The summed E-state index contributed by atoms with van der Waals surface area (Å²) in [5.41, 5.74) is 3.57. The van der Waals surface area contributed by atoms with Crippen molar-refractivity contribution in [1.82, 2.24) is 0 Å². The van der Waals surface area contributed by atoms with Crippen LogP contribution in [0, 0.1) is 28.6 Å². The van der Waals surface area contributed by atoms with Crippen LogP contribution in [0.5, 0.6) is 0 Å². The van der Waals surface area contributed by atoms with Crippen LogP contribution >= 0.6 is 0 Å². The molecule has 0 aromatic heterocycles. The summed E-state index contributed by atoms with van der Waals surface area (Å²) >= 11 is 0. The Morgan fingerprint density at radius 2 is 1.96 bits per heavy atom. The molecule has 5 unspecified atom stereocenters. The van der Waals surface area contributed by atoms with E-state index in [1.54, 1.807) is 11.6 Å². The van der Waals surface area contributed by atoms with Gasteiger partial charge in [-0.05, 0) is 79.4 Å². The zero-order valence-electron chi connectivity index (χ0n) is 14.9. The molecule has 23 heavy (non-hydrogen) atoms.